The van der Waals surface area contributed by atoms with Crippen LogP contribution in [0.4, 0.5) is 10.1 Å². The van der Waals surface area contributed by atoms with Crippen LogP contribution in [-0.4, -0.2) is 26.0 Å². The molecule has 0 fully saturated rings. The first-order valence-corrected chi connectivity index (χ1v) is 12.0. The van der Waals surface area contributed by atoms with E-state index < -0.39 is 21.8 Å². The first-order valence-electron chi connectivity index (χ1n) is 9.76. The molecule has 9 heteroatoms. The number of sulfonamides is 1. The van der Waals surface area contributed by atoms with Gasteiger partial charge in [-0.15, -0.1) is 0 Å². The highest BCUT2D eigenvalue weighted by Gasteiger charge is 2.37. The molecule has 0 saturated carbocycles. The van der Waals surface area contributed by atoms with Crippen molar-refractivity contribution in [1.29, 1.82) is 0 Å². The topological polar surface area (TPSA) is 74.7 Å². The predicted octanol–water partition coefficient (Wildman–Crippen LogP) is 5.96. The number of hydrogen-bond donors (Lipinski definition) is 1. The molecule has 0 amide bonds. The van der Waals surface area contributed by atoms with Gasteiger partial charge >= 0.3 is 5.97 Å². The van der Waals surface area contributed by atoms with E-state index in [0.717, 1.165) is 0 Å². The summed E-state index contributed by atoms with van der Waals surface area (Å²) in [5.41, 5.74) is 2.36. The summed E-state index contributed by atoms with van der Waals surface area (Å²) in [7, 11) is -3.95. The molecule has 166 valence electrons. The van der Waals surface area contributed by atoms with Crippen LogP contribution >= 0.6 is 23.2 Å². The average Bonchev–Trinajstić information content (AvgIpc) is 3.12. The highest BCUT2D eigenvalue weighted by molar-refractivity contribution is 7.92. The Bertz CT molecular complexity index is 1310. The molecule has 0 spiro atoms. The van der Waals surface area contributed by atoms with Crippen molar-refractivity contribution < 1.29 is 22.7 Å². The van der Waals surface area contributed by atoms with Gasteiger partial charge in [0.05, 0.1) is 15.6 Å². The molecule has 1 aliphatic rings. The lowest BCUT2D eigenvalue weighted by atomic mass is 9.96. The number of anilines is 1. The number of halogens is 3. The summed E-state index contributed by atoms with van der Waals surface area (Å²) in [6, 6.07) is 15.5. The summed E-state index contributed by atoms with van der Waals surface area (Å²) < 4.78 is 41.9. The fraction of sp³-hybridized carbons (Fsp3) is 0.174. The minimum absolute atomic E-state index is 0.0534. The van der Waals surface area contributed by atoms with Crippen LogP contribution < -0.4 is 4.31 Å². The van der Waals surface area contributed by atoms with Gasteiger partial charge < -0.3 is 5.11 Å². The minimum Gasteiger partial charge on any atom is -0.481 e. The molecule has 1 heterocycles. The van der Waals surface area contributed by atoms with Gasteiger partial charge in [0.2, 0.25) is 0 Å². The Morgan fingerprint density at radius 1 is 1.06 bits per heavy atom. The SMILES string of the molecule is O=C(O)CCC1CN(S(=O)(=O)c2cccc(-c3ccc(F)c(Cl)c3)c2)c2ccc(Cl)cc21. The number of carboxylic acid groups (broad SMARTS) is 1. The normalized spacial score (nSPS) is 15.6. The molecular weight excluding hydrogens is 476 g/mol. The lowest BCUT2D eigenvalue weighted by molar-refractivity contribution is -0.137. The Hall–Kier alpha value is -2.61. The highest BCUT2D eigenvalue weighted by atomic mass is 35.5. The van der Waals surface area contributed by atoms with Crippen LogP contribution in [0, 0.1) is 5.82 Å². The molecule has 0 bridgehead atoms. The molecule has 3 aromatic carbocycles. The van der Waals surface area contributed by atoms with Crippen LogP contribution in [-0.2, 0) is 14.8 Å². The number of rotatable bonds is 6. The molecule has 4 rings (SSSR count). The summed E-state index contributed by atoms with van der Waals surface area (Å²) in [5, 5.41) is 9.47. The molecule has 0 saturated heterocycles. The second-order valence-corrected chi connectivity index (χ2v) is 10.2. The Morgan fingerprint density at radius 2 is 1.81 bits per heavy atom. The van der Waals surface area contributed by atoms with E-state index in [-0.39, 0.29) is 28.8 Å². The third kappa shape index (κ3) is 4.33. The van der Waals surface area contributed by atoms with Gasteiger partial charge in [0, 0.05) is 23.9 Å². The minimum atomic E-state index is -3.95. The van der Waals surface area contributed by atoms with Gasteiger partial charge in [0.25, 0.3) is 10.0 Å². The van der Waals surface area contributed by atoms with E-state index in [4.69, 9.17) is 28.3 Å². The summed E-state index contributed by atoms with van der Waals surface area (Å²) in [6.45, 7) is 0.123. The lowest BCUT2D eigenvalue weighted by Gasteiger charge is -2.20. The summed E-state index contributed by atoms with van der Waals surface area (Å²) in [6.07, 6.45) is 0.216. The van der Waals surface area contributed by atoms with Crippen LogP contribution in [0.5, 0.6) is 0 Å². The molecular formula is C23H18Cl2FNO4S. The van der Waals surface area contributed by atoms with E-state index in [1.807, 2.05) is 0 Å². The van der Waals surface area contributed by atoms with Gasteiger partial charge in [-0.3, -0.25) is 9.10 Å². The van der Waals surface area contributed by atoms with E-state index >= 15 is 0 Å². The van der Waals surface area contributed by atoms with Crippen LogP contribution in [0.3, 0.4) is 0 Å². The van der Waals surface area contributed by atoms with Gasteiger partial charge in [0.15, 0.2) is 0 Å². The average molecular weight is 494 g/mol. The zero-order valence-electron chi connectivity index (χ0n) is 16.6. The van der Waals surface area contributed by atoms with Crippen LogP contribution in [0.25, 0.3) is 11.1 Å². The first-order chi connectivity index (χ1) is 15.2. The van der Waals surface area contributed by atoms with Gasteiger partial charge in [-0.05, 0) is 65.6 Å². The summed E-state index contributed by atoms with van der Waals surface area (Å²) in [5.74, 6) is -1.78. The molecule has 3 aromatic rings. The summed E-state index contributed by atoms with van der Waals surface area (Å²) in [4.78, 5) is 11.1. The van der Waals surface area contributed by atoms with Crippen LogP contribution in [0.2, 0.25) is 10.0 Å². The molecule has 1 N–H and O–H groups in total. The number of fused-ring (bicyclic) bond motifs is 1. The van der Waals surface area contributed by atoms with Crippen molar-refractivity contribution >= 4 is 44.9 Å². The maximum Gasteiger partial charge on any atom is 0.303 e. The van der Waals surface area contributed by atoms with E-state index in [0.29, 0.717) is 33.8 Å². The zero-order valence-corrected chi connectivity index (χ0v) is 19.0. The second-order valence-electron chi connectivity index (χ2n) is 7.53. The highest BCUT2D eigenvalue weighted by Crippen LogP contribution is 2.43. The van der Waals surface area contributed by atoms with Gasteiger partial charge in [0.1, 0.15) is 5.82 Å². The van der Waals surface area contributed by atoms with E-state index in [9.17, 15) is 17.6 Å². The van der Waals surface area contributed by atoms with Crippen molar-refractivity contribution in [1.82, 2.24) is 0 Å². The maximum absolute atomic E-state index is 13.6. The molecule has 0 radical (unpaired) electrons. The van der Waals surface area contributed by atoms with Crippen molar-refractivity contribution in [3.05, 3.63) is 82.1 Å². The predicted molar refractivity (Wildman–Crippen MR) is 122 cm³/mol. The largest absolute Gasteiger partial charge is 0.481 e. The second kappa shape index (κ2) is 8.73. The molecule has 32 heavy (non-hydrogen) atoms. The van der Waals surface area contributed by atoms with Crippen molar-refractivity contribution in [2.75, 3.05) is 10.8 Å². The number of nitrogens with zero attached hydrogens (tertiary/aromatic N) is 1. The van der Waals surface area contributed by atoms with E-state index in [1.165, 1.54) is 34.6 Å². The number of aliphatic carboxylic acids is 1. The number of benzene rings is 3. The zero-order chi connectivity index (χ0) is 23.0. The van der Waals surface area contributed by atoms with Crippen LogP contribution in [0.1, 0.15) is 24.3 Å². The quantitative estimate of drug-likeness (QED) is 0.459. The molecule has 0 aliphatic carbocycles. The fourth-order valence-corrected chi connectivity index (χ4v) is 5.83. The van der Waals surface area contributed by atoms with E-state index in [1.54, 1.807) is 30.3 Å². The first kappa shape index (κ1) is 22.6. The Morgan fingerprint density at radius 3 is 2.53 bits per heavy atom. The van der Waals surface area contributed by atoms with Crippen LogP contribution in [0.15, 0.2) is 65.6 Å². The summed E-state index contributed by atoms with van der Waals surface area (Å²) >= 11 is 12.0. The van der Waals surface area contributed by atoms with E-state index in [2.05, 4.69) is 0 Å². The molecule has 1 unspecified atom stereocenters. The van der Waals surface area contributed by atoms with Crippen molar-refractivity contribution in [3.8, 4) is 11.1 Å². The monoisotopic (exact) mass is 493 g/mol. The molecule has 1 atom stereocenters. The number of hydrogen-bond acceptors (Lipinski definition) is 3. The van der Waals surface area contributed by atoms with Gasteiger partial charge in [-0.2, -0.15) is 0 Å². The third-order valence-corrected chi connectivity index (χ3v) is 7.77. The Labute approximate surface area is 195 Å². The number of carboxylic acids is 1. The molecule has 0 aromatic heterocycles. The third-order valence-electron chi connectivity index (χ3n) is 5.47. The molecule has 5 nitrogen and oxygen atoms in total. The molecule has 1 aliphatic heterocycles. The standard InChI is InChI=1S/C23H18Cl2FNO4S/c24-17-6-8-22-19(12-17)16(5-9-23(28)29)13-27(22)32(30,31)18-3-1-2-14(10-18)15-4-7-21(26)20(25)11-15/h1-4,6-8,10-12,16H,5,9,13H2,(H,28,29). The Kier molecular flexibility index (Phi) is 6.16. The smallest absolute Gasteiger partial charge is 0.303 e. The van der Waals surface area contributed by atoms with Crippen molar-refractivity contribution in [2.45, 2.75) is 23.7 Å². The van der Waals surface area contributed by atoms with Gasteiger partial charge in [-0.25, -0.2) is 12.8 Å². The Balaban J connectivity index is 1.72. The fourth-order valence-electron chi connectivity index (χ4n) is 3.89. The maximum atomic E-state index is 13.6. The van der Waals surface area contributed by atoms with Crippen molar-refractivity contribution in [2.24, 2.45) is 0 Å². The van der Waals surface area contributed by atoms with Crippen molar-refractivity contribution in [3.63, 3.8) is 0 Å². The lowest BCUT2D eigenvalue weighted by Crippen LogP contribution is -2.30. The number of carbonyl (C=O) groups is 1. The van der Waals surface area contributed by atoms with Gasteiger partial charge in [-0.1, -0.05) is 41.4 Å².